The van der Waals surface area contributed by atoms with E-state index in [0.29, 0.717) is 6.54 Å². The van der Waals surface area contributed by atoms with Gasteiger partial charge in [0.25, 0.3) is 0 Å². The molecule has 0 saturated heterocycles. The molecule has 0 aliphatic rings. The molecule has 5 heteroatoms. The van der Waals surface area contributed by atoms with Crippen LogP contribution in [-0.4, -0.2) is 30.9 Å². The Morgan fingerprint density at radius 3 is 2.69 bits per heavy atom. The number of carbonyl (C=O) groups excluding carboxylic acids is 1. The van der Waals surface area contributed by atoms with Crippen molar-refractivity contribution in [2.75, 3.05) is 25.2 Å². The summed E-state index contributed by atoms with van der Waals surface area (Å²) in [7, 11) is 0. The number of rotatable bonds is 6. The van der Waals surface area contributed by atoms with Crippen LogP contribution in [0.2, 0.25) is 0 Å². The number of hydrogen-bond acceptors (Lipinski definition) is 4. The second-order valence-electron chi connectivity index (χ2n) is 3.17. The van der Waals surface area contributed by atoms with Crippen LogP contribution in [0.25, 0.3) is 0 Å². The molecule has 0 radical (unpaired) electrons. The lowest BCUT2D eigenvalue weighted by Gasteiger charge is -2.07. The molecule has 3 N–H and O–H groups in total. The van der Waals surface area contributed by atoms with E-state index in [1.165, 1.54) is 0 Å². The van der Waals surface area contributed by atoms with Crippen molar-refractivity contribution in [1.29, 1.82) is 0 Å². The third-order valence-electron chi connectivity index (χ3n) is 1.85. The Bertz CT molecular complexity index is 325. The minimum atomic E-state index is -0.130. The summed E-state index contributed by atoms with van der Waals surface area (Å²) >= 11 is 0. The Balaban J connectivity index is 2.16. The summed E-state index contributed by atoms with van der Waals surface area (Å²) in [6, 6.07) is 6.61. The first-order valence-corrected chi connectivity index (χ1v) is 5.09. The lowest BCUT2D eigenvalue weighted by Crippen LogP contribution is -2.28. The van der Waals surface area contributed by atoms with Crippen LogP contribution in [0.4, 0.5) is 5.69 Å². The number of amides is 1. The van der Waals surface area contributed by atoms with Crippen molar-refractivity contribution >= 4 is 11.6 Å². The molecular weight excluding hydrogens is 208 g/mol. The van der Waals surface area contributed by atoms with E-state index in [4.69, 9.17) is 9.84 Å². The number of carbonyl (C=O) groups is 1. The Morgan fingerprint density at radius 1 is 1.38 bits per heavy atom. The SMILES string of the molecule is CCNC(=O)COCNc1ccc(O)cc1. The molecule has 1 rings (SSSR count). The van der Waals surface area contributed by atoms with E-state index in [9.17, 15) is 4.79 Å². The molecule has 1 amide bonds. The number of likely N-dealkylation sites (N-methyl/N-ethyl adjacent to an activating group) is 1. The zero-order valence-corrected chi connectivity index (χ0v) is 9.19. The lowest BCUT2D eigenvalue weighted by atomic mass is 10.3. The highest BCUT2D eigenvalue weighted by molar-refractivity contribution is 5.77. The van der Waals surface area contributed by atoms with Gasteiger partial charge in [-0.15, -0.1) is 0 Å². The lowest BCUT2D eigenvalue weighted by molar-refractivity contribution is -0.125. The number of anilines is 1. The van der Waals surface area contributed by atoms with Crippen molar-refractivity contribution in [3.63, 3.8) is 0 Å². The van der Waals surface area contributed by atoms with Gasteiger partial charge in [-0.25, -0.2) is 0 Å². The van der Waals surface area contributed by atoms with Crippen LogP contribution in [-0.2, 0) is 9.53 Å². The molecule has 0 aliphatic carbocycles. The Kier molecular flexibility index (Phi) is 5.15. The van der Waals surface area contributed by atoms with E-state index < -0.39 is 0 Å². The fourth-order valence-corrected chi connectivity index (χ4v) is 1.11. The molecule has 0 fully saturated rings. The summed E-state index contributed by atoms with van der Waals surface area (Å²) in [4.78, 5) is 11.0. The smallest absolute Gasteiger partial charge is 0.246 e. The number of aromatic hydroxyl groups is 1. The van der Waals surface area contributed by atoms with Crippen LogP contribution in [0.3, 0.4) is 0 Å². The highest BCUT2D eigenvalue weighted by atomic mass is 16.5. The Hall–Kier alpha value is -1.75. The summed E-state index contributed by atoms with van der Waals surface area (Å²) in [6.07, 6.45) is 0. The maximum absolute atomic E-state index is 11.0. The topological polar surface area (TPSA) is 70.6 Å². The van der Waals surface area contributed by atoms with Crippen LogP contribution in [0, 0.1) is 0 Å². The molecule has 0 aromatic heterocycles. The van der Waals surface area contributed by atoms with Crippen molar-refractivity contribution < 1.29 is 14.6 Å². The molecule has 0 atom stereocenters. The molecule has 0 bridgehead atoms. The van der Waals surface area contributed by atoms with E-state index in [-0.39, 0.29) is 25.0 Å². The van der Waals surface area contributed by atoms with Gasteiger partial charge in [-0.2, -0.15) is 0 Å². The standard InChI is InChI=1S/C11H16N2O3/c1-2-12-11(15)7-16-8-13-9-3-5-10(14)6-4-9/h3-6,13-14H,2,7-8H2,1H3,(H,12,15). The largest absolute Gasteiger partial charge is 0.508 e. The van der Waals surface area contributed by atoms with Gasteiger partial charge in [0, 0.05) is 12.2 Å². The zero-order valence-electron chi connectivity index (χ0n) is 9.19. The third-order valence-corrected chi connectivity index (χ3v) is 1.85. The minimum absolute atomic E-state index is 0.0406. The van der Waals surface area contributed by atoms with E-state index in [1.807, 2.05) is 6.92 Å². The number of phenolic OH excluding ortho intramolecular Hbond substituents is 1. The van der Waals surface area contributed by atoms with Gasteiger partial charge in [-0.3, -0.25) is 4.79 Å². The number of benzene rings is 1. The molecule has 0 heterocycles. The number of hydrogen-bond donors (Lipinski definition) is 3. The monoisotopic (exact) mass is 224 g/mol. The van der Waals surface area contributed by atoms with Gasteiger partial charge in [0.1, 0.15) is 19.1 Å². The number of phenols is 1. The second-order valence-corrected chi connectivity index (χ2v) is 3.17. The molecule has 5 nitrogen and oxygen atoms in total. The minimum Gasteiger partial charge on any atom is -0.508 e. The fraction of sp³-hybridized carbons (Fsp3) is 0.364. The van der Waals surface area contributed by atoms with Gasteiger partial charge in [-0.1, -0.05) is 0 Å². The van der Waals surface area contributed by atoms with E-state index >= 15 is 0 Å². The van der Waals surface area contributed by atoms with Gasteiger partial charge < -0.3 is 20.5 Å². The number of nitrogens with one attached hydrogen (secondary N) is 2. The van der Waals surface area contributed by atoms with Crippen LogP contribution in [0.5, 0.6) is 5.75 Å². The van der Waals surface area contributed by atoms with Crippen molar-refractivity contribution in [1.82, 2.24) is 5.32 Å². The quantitative estimate of drug-likeness (QED) is 0.381. The molecule has 1 aromatic carbocycles. The third kappa shape index (κ3) is 4.65. The summed E-state index contributed by atoms with van der Waals surface area (Å²) in [5, 5.41) is 14.6. The molecular formula is C11H16N2O3. The maximum atomic E-state index is 11.0. The second kappa shape index (κ2) is 6.68. The Labute approximate surface area is 94.4 Å². The van der Waals surface area contributed by atoms with E-state index in [1.54, 1.807) is 24.3 Å². The molecule has 1 aromatic rings. The van der Waals surface area contributed by atoms with E-state index in [2.05, 4.69) is 10.6 Å². The van der Waals surface area contributed by atoms with Crippen molar-refractivity contribution in [3.8, 4) is 5.75 Å². The molecule has 0 saturated carbocycles. The maximum Gasteiger partial charge on any atom is 0.246 e. The normalized spacial score (nSPS) is 9.81. The average molecular weight is 224 g/mol. The van der Waals surface area contributed by atoms with Crippen LogP contribution in [0.15, 0.2) is 24.3 Å². The van der Waals surface area contributed by atoms with Crippen molar-refractivity contribution in [2.24, 2.45) is 0 Å². The first-order valence-electron chi connectivity index (χ1n) is 5.09. The first-order chi connectivity index (χ1) is 7.72. The Morgan fingerprint density at radius 2 is 2.06 bits per heavy atom. The van der Waals surface area contributed by atoms with Crippen molar-refractivity contribution in [2.45, 2.75) is 6.92 Å². The highest BCUT2D eigenvalue weighted by Gasteiger charge is 1.98. The van der Waals surface area contributed by atoms with Crippen LogP contribution < -0.4 is 10.6 Å². The predicted octanol–water partition coefficient (Wildman–Crippen LogP) is 0.914. The summed E-state index contributed by atoms with van der Waals surface area (Å²) < 4.78 is 5.10. The van der Waals surface area contributed by atoms with Gasteiger partial charge in [0.2, 0.25) is 5.91 Å². The molecule has 88 valence electrons. The summed E-state index contributed by atoms with van der Waals surface area (Å²) in [6.45, 7) is 2.75. The average Bonchev–Trinajstić information content (AvgIpc) is 2.27. The van der Waals surface area contributed by atoms with Crippen LogP contribution in [0.1, 0.15) is 6.92 Å². The fourth-order valence-electron chi connectivity index (χ4n) is 1.11. The van der Waals surface area contributed by atoms with Crippen LogP contribution >= 0.6 is 0 Å². The molecule has 16 heavy (non-hydrogen) atoms. The number of ether oxygens (including phenoxy) is 1. The van der Waals surface area contributed by atoms with Gasteiger partial charge in [0.05, 0.1) is 0 Å². The van der Waals surface area contributed by atoms with E-state index in [0.717, 1.165) is 5.69 Å². The molecule has 0 aliphatic heterocycles. The molecule has 0 spiro atoms. The zero-order chi connectivity index (χ0) is 11.8. The van der Waals surface area contributed by atoms with Gasteiger partial charge >= 0.3 is 0 Å². The highest BCUT2D eigenvalue weighted by Crippen LogP contribution is 2.13. The summed E-state index contributed by atoms with van der Waals surface area (Å²) in [5.41, 5.74) is 0.827. The summed E-state index contributed by atoms with van der Waals surface area (Å²) in [5.74, 6) is 0.0869. The van der Waals surface area contributed by atoms with Gasteiger partial charge in [-0.05, 0) is 31.2 Å². The first kappa shape index (κ1) is 12.3. The van der Waals surface area contributed by atoms with Crippen molar-refractivity contribution in [3.05, 3.63) is 24.3 Å². The van der Waals surface area contributed by atoms with Gasteiger partial charge in [0.15, 0.2) is 0 Å². The predicted molar refractivity (Wildman–Crippen MR) is 61.2 cm³/mol. The molecule has 0 unspecified atom stereocenters.